The number of carbonyl (C=O) groups excluding carboxylic acids is 1. The second-order valence-corrected chi connectivity index (χ2v) is 5.62. The number of nitrogens with one attached hydrogen (secondary N) is 1. The molecule has 114 valence electrons. The second-order valence-electron chi connectivity index (χ2n) is 5.62. The van der Waals surface area contributed by atoms with Gasteiger partial charge < -0.3 is 16.3 Å². The number of benzene rings is 1. The minimum absolute atomic E-state index is 0.0615. The van der Waals surface area contributed by atoms with Gasteiger partial charge in [0.15, 0.2) is 5.84 Å². The van der Waals surface area contributed by atoms with E-state index in [1.54, 1.807) is 26.0 Å². The number of hydrogen-bond donors (Lipinski definition) is 3. The first-order valence-corrected chi connectivity index (χ1v) is 6.96. The molecule has 0 spiro atoms. The number of nitrogens with two attached hydrogens (primary N) is 1. The molecule has 2 rings (SSSR count). The Bertz CT molecular complexity index is 582. The maximum absolute atomic E-state index is 13.6. The van der Waals surface area contributed by atoms with Gasteiger partial charge in [-0.05, 0) is 43.9 Å². The maximum atomic E-state index is 13.6. The first-order chi connectivity index (χ1) is 9.90. The van der Waals surface area contributed by atoms with Crippen molar-refractivity contribution in [3.05, 3.63) is 35.1 Å². The van der Waals surface area contributed by atoms with Gasteiger partial charge in [-0.3, -0.25) is 4.79 Å². The molecule has 0 bridgehead atoms. The lowest BCUT2D eigenvalue weighted by Crippen LogP contribution is -2.54. The van der Waals surface area contributed by atoms with Gasteiger partial charge in [-0.15, -0.1) is 0 Å². The first-order valence-electron chi connectivity index (χ1n) is 6.96. The van der Waals surface area contributed by atoms with E-state index < -0.39 is 5.41 Å². The van der Waals surface area contributed by atoms with E-state index in [-0.39, 0.29) is 23.6 Å². The number of aryl methyl sites for hydroxylation is 1. The highest BCUT2D eigenvalue weighted by molar-refractivity contribution is 6.07. The van der Waals surface area contributed by atoms with Crippen molar-refractivity contribution in [1.29, 1.82) is 0 Å². The molecule has 1 aliphatic rings. The van der Waals surface area contributed by atoms with Gasteiger partial charge in [-0.25, -0.2) is 4.39 Å². The predicted molar refractivity (Wildman–Crippen MR) is 77.4 cm³/mol. The normalized spacial score (nSPS) is 18.7. The van der Waals surface area contributed by atoms with Crippen LogP contribution in [0.2, 0.25) is 0 Å². The molecule has 1 aliphatic carbocycles. The van der Waals surface area contributed by atoms with Crippen molar-refractivity contribution in [3.63, 3.8) is 0 Å². The number of oxime groups is 1. The third-order valence-corrected chi connectivity index (χ3v) is 4.28. The van der Waals surface area contributed by atoms with E-state index in [4.69, 9.17) is 10.9 Å². The van der Waals surface area contributed by atoms with E-state index in [0.29, 0.717) is 24.0 Å². The van der Waals surface area contributed by atoms with Gasteiger partial charge in [0, 0.05) is 0 Å². The lowest BCUT2D eigenvalue weighted by molar-refractivity contribution is -0.131. The van der Waals surface area contributed by atoms with Crippen molar-refractivity contribution in [2.75, 3.05) is 0 Å². The van der Waals surface area contributed by atoms with Crippen molar-refractivity contribution in [3.8, 4) is 0 Å². The van der Waals surface area contributed by atoms with E-state index in [0.717, 1.165) is 6.42 Å². The van der Waals surface area contributed by atoms with Gasteiger partial charge >= 0.3 is 0 Å². The summed E-state index contributed by atoms with van der Waals surface area (Å²) in [6.07, 6.45) is 1.98. The molecule has 1 saturated carbocycles. The number of halogens is 1. The van der Waals surface area contributed by atoms with E-state index in [2.05, 4.69) is 10.5 Å². The Labute approximate surface area is 123 Å². The van der Waals surface area contributed by atoms with Crippen LogP contribution in [0.3, 0.4) is 0 Å². The van der Waals surface area contributed by atoms with Gasteiger partial charge in [0.2, 0.25) is 5.91 Å². The Balaban J connectivity index is 2.13. The first kappa shape index (κ1) is 15.3. The predicted octanol–water partition coefficient (Wildman–Crippen LogP) is 2.23. The minimum Gasteiger partial charge on any atom is -0.409 e. The molecule has 1 unspecified atom stereocenters. The van der Waals surface area contributed by atoms with Crippen molar-refractivity contribution in [2.24, 2.45) is 16.3 Å². The highest BCUT2D eigenvalue weighted by Gasteiger charge is 2.48. The summed E-state index contributed by atoms with van der Waals surface area (Å²) in [6.45, 7) is 3.46. The number of rotatable bonds is 4. The monoisotopic (exact) mass is 293 g/mol. The summed E-state index contributed by atoms with van der Waals surface area (Å²) in [6, 6.07) is 4.52. The lowest BCUT2D eigenvalue weighted by atomic mass is 9.67. The fraction of sp³-hybridized carbons (Fsp3) is 0.467. The number of amides is 1. The quantitative estimate of drug-likeness (QED) is 0.344. The van der Waals surface area contributed by atoms with Gasteiger partial charge in [0.05, 0.1) is 6.04 Å². The average molecular weight is 293 g/mol. The molecule has 4 N–H and O–H groups in total. The molecule has 0 aromatic heterocycles. The van der Waals surface area contributed by atoms with Crippen molar-refractivity contribution >= 4 is 11.7 Å². The summed E-state index contributed by atoms with van der Waals surface area (Å²) in [5.74, 6) is -0.644. The number of hydrogen-bond acceptors (Lipinski definition) is 3. The van der Waals surface area contributed by atoms with E-state index in [1.165, 1.54) is 6.07 Å². The molecule has 1 amide bonds. The molecule has 1 fully saturated rings. The molecular formula is C15H20FN3O2. The topological polar surface area (TPSA) is 87.7 Å². The summed E-state index contributed by atoms with van der Waals surface area (Å²) in [4.78, 5) is 12.4. The minimum atomic E-state index is -0.924. The fourth-order valence-corrected chi connectivity index (χ4v) is 2.52. The Kier molecular flexibility index (Phi) is 4.16. The highest BCUT2D eigenvalue weighted by atomic mass is 19.1. The van der Waals surface area contributed by atoms with Crippen LogP contribution in [0.25, 0.3) is 0 Å². The number of amidine groups is 1. The summed E-state index contributed by atoms with van der Waals surface area (Å²) in [5, 5.41) is 14.6. The van der Waals surface area contributed by atoms with Crippen LogP contribution in [0.1, 0.15) is 43.4 Å². The van der Waals surface area contributed by atoms with Crippen LogP contribution in [-0.2, 0) is 4.79 Å². The second kappa shape index (κ2) is 5.71. The zero-order valence-corrected chi connectivity index (χ0v) is 12.2. The van der Waals surface area contributed by atoms with Crippen LogP contribution in [-0.4, -0.2) is 17.0 Å². The molecule has 0 aliphatic heterocycles. The molecule has 21 heavy (non-hydrogen) atoms. The van der Waals surface area contributed by atoms with Gasteiger partial charge in [0.25, 0.3) is 0 Å². The van der Waals surface area contributed by atoms with Crippen molar-refractivity contribution in [1.82, 2.24) is 5.32 Å². The van der Waals surface area contributed by atoms with E-state index in [9.17, 15) is 9.18 Å². The maximum Gasteiger partial charge on any atom is 0.234 e. The van der Waals surface area contributed by atoms with E-state index >= 15 is 0 Å². The fourth-order valence-electron chi connectivity index (χ4n) is 2.52. The molecule has 5 nitrogen and oxygen atoms in total. The third-order valence-electron chi connectivity index (χ3n) is 4.28. The zero-order valence-electron chi connectivity index (χ0n) is 12.2. The smallest absolute Gasteiger partial charge is 0.234 e. The summed E-state index contributed by atoms with van der Waals surface area (Å²) in [7, 11) is 0. The van der Waals surface area contributed by atoms with Gasteiger partial charge in [-0.2, -0.15) is 0 Å². The van der Waals surface area contributed by atoms with Crippen LogP contribution in [0.4, 0.5) is 4.39 Å². The number of carbonyl (C=O) groups is 1. The molecule has 1 aromatic rings. The Hall–Kier alpha value is -2.11. The van der Waals surface area contributed by atoms with Crippen LogP contribution >= 0.6 is 0 Å². The van der Waals surface area contributed by atoms with Crippen LogP contribution in [0, 0.1) is 18.2 Å². The van der Waals surface area contributed by atoms with Crippen LogP contribution in [0.15, 0.2) is 23.4 Å². The lowest BCUT2D eigenvalue weighted by Gasteiger charge is -2.39. The highest BCUT2D eigenvalue weighted by Crippen LogP contribution is 2.41. The molecule has 1 atom stereocenters. The van der Waals surface area contributed by atoms with Crippen LogP contribution < -0.4 is 11.1 Å². The summed E-state index contributed by atoms with van der Waals surface area (Å²) >= 11 is 0. The molecule has 1 aromatic carbocycles. The largest absolute Gasteiger partial charge is 0.409 e. The summed E-state index contributed by atoms with van der Waals surface area (Å²) in [5.41, 5.74) is 5.97. The van der Waals surface area contributed by atoms with Gasteiger partial charge in [0.1, 0.15) is 11.2 Å². The standard InChI is InChI=1S/C15H20FN3O2/c1-9-4-5-11(8-12(9)16)10(2)18-14(20)15(6-3-7-15)13(17)19-21/h4-5,8,10,21H,3,6-7H2,1-2H3,(H2,17,19)(H,18,20). The molecule has 0 saturated heterocycles. The van der Waals surface area contributed by atoms with Crippen molar-refractivity contribution in [2.45, 2.75) is 39.2 Å². The van der Waals surface area contributed by atoms with Crippen LogP contribution in [0.5, 0.6) is 0 Å². The summed E-state index contributed by atoms with van der Waals surface area (Å²) < 4.78 is 13.6. The Morgan fingerprint density at radius 2 is 2.19 bits per heavy atom. The van der Waals surface area contributed by atoms with E-state index in [1.807, 2.05) is 0 Å². The molecular weight excluding hydrogens is 273 g/mol. The molecule has 0 radical (unpaired) electrons. The Morgan fingerprint density at radius 3 is 2.67 bits per heavy atom. The van der Waals surface area contributed by atoms with Crippen molar-refractivity contribution < 1.29 is 14.4 Å². The zero-order chi connectivity index (χ0) is 15.6. The van der Waals surface area contributed by atoms with Gasteiger partial charge in [-0.1, -0.05) is 23.7 Å². The SMILES string of the molecule is Cc1ccc(C(C)NC(=O)C2(/C(N)=N/O)CCC2)cc1F. The number of nitrogens with zero attached hydrogens (tertiary/aromatic N) is 1. The third kappa shape index (κ3) is 2.70. The molecule has 6 heteroatoms. The average Bonchev–Trinajstić information content (AvgIpc) is 2.40. The molecule has 0 heterocycles. The Morgan fingerprint density at radius 1 is 1.52 bits per heavy atom.